The summed E-state index contributed by atoms with van der Waals surface area (Å²) < 4.78 is 28.0. The van der Waals surface area contributed by atoms with Crippen LogP contribution in [0.3, 0.4) is 0 Å². The van der Waals surface area contributed by atoms with Crippen LogP contribution in [0.5, 0.6) is 5.75 Å². The minimum absolute atomic E-state index is 0.0162. The van der Waals surface area contributed by atoms with E-state index >= 15 is 0 Å². The lowest BCUT2D eigenvalue weighted by molar-refractivity contribution is 0.0407. The maximum Gasteiger partial charge on any atom is 0.211 e. The van der Waals surface area contributed by atoms with E-state index in [1.807, 2.05) is 24.3 Å². The maximum absolute atomic E-state index is 14.0. The Balaban J connectivity index is 1.74. The molecule has 1 saturated carbocycles. The number of aromatic nitrogens is 2. The number of rotatable bonds is 0. The van der Waals surface area contributed by atoms with Crippen LogP contribution >= 0.6 is 0 Å². The van der Waals surface area contributed by atoms with Crippen molar-refractivity contribution in [2.75, 3.05) is 5.32 Å². The summed E-state index contributed by atoms with van der Waals surface area (Å²) >= 11 is 0. The molecule has 0 saturated heterocycles. The molecule has 3 N–H and O–H groups in total. The van der Waals surface area contributed by atoms with E-state index in [1.54, 1.807) is 30.3 Å². The zero-order valence-corrected chi connectivity index (χ0v) is 18.4. The maximum atomic E-state index is 14.0. The van der Waals surface area contributed by atoms with E-state index in [4.69, 9.17) is 4.98 Å². The van der Waals surface area contributed by atoms with Gasteiger partial charge in [-0.05, 0) is 43.2 Å². The van der Waals surface area contributed by atoms with Crippen molar-refractivity contribution >= 4 is 26.6 Å². The number of para-hydroxylation sites is 1. The van der Waals surface area contributed by atoms with Crippen LogP contribution in [0.25, 0.3) is 22.3 Å². The summed E-state index contributed by atoms with van der Waals surface area (Å²) in [6.07, 6.45) is 1.39. The third-order valence-corrected chi connectivity index (χ3v) is 8.52. The number of hydrogen-bond donors (Lipinski definition) is 3. The van der Waals surface area contributed by atoms with Crippen LogP contribution in [0.1, 0.15) is 24.8 Å². The van der Waals surface area contributed by atoms with Crippen molar-refractivity contribution in [1.82, 2.24) is 9.97 Å². The summed E-state index contributed by atoms with van der Waals surface area (Å²) in [6.45, 7) is 0. The minimum atomic E-state index is -4.22. The largest absolute Gasteiger partial charge is 0.507 e. The molecule has 4 aromatic rings. The van der Waals surface area contributed by atoms with Gasteiger partial charge in [0.25, 0.3) is 0 Å². The molecule has 7 nitrogen and oxygen atoms in total. The van der Waals surface area contributed by atoms with Crippen molar-refractivity contribution in [3.05, 3.63) is 72.3 Å². The summed E-state index contributed by atoms with van der Waals surface area (Å²) in [5, 5.41) is 26.6. The highest BCUT2D eigenvalue weighted by atomic mass is 32.2. The van der Waals surface area contributed by atoms with E-state index in [9.17, 15) is 18.6 Å². The molecule has 1 aromatic heterocycles. The molecule has 166 valence electrons. The average molecular weight is 460 g/mol. The van der Waals surface area contributed by atoms with E-state index in [1.165, 1.54) is 12.1 Å². The highest BCUT2D eigenvalue weighted by Gasteiger charge is 2.43. The standard InChI is InChI=1S/C25H21N3O4S/c29-20-10-5-7-17-22(20)33(31,32)21-11-4-2-8-18(21)25(30)13-12-15(14-25)26-23-16-6-1-3-9-19(16)27-24(17)28-23/h1-11,15,29-30H,12-14H2,(H,26,27,28). The Hall–Kier alpha value is -3.49. The predicted octanol–water partition coefficient (Wildman–Crippen LogP) is 4.00. The quantitative estimate of drug-likeness (QED) is 0.364. The van der Waals surface area contributed by atoms with Crippen molar-refractivity contribution in [2.45, 2.75) is 40.7 Å². The SMILES string of the molecule is O=S1(=O)c2ccccc2C2(O)CCC(C2)Nc2nc(nc3ccccc23)-c2cccc(O)c21. The molecule has 2 heterocycles. The third kappa shape index (κ3) is 3.02. The van der Waals surface area contributed by atoms with Gasteiger partial charge in [-0.15, -0.1) is 0 Å². The second-order valence-electron chi connectivity index (χ2n) is 8.68. The van der Waals surface area contributed by atoms with E-state index in [2.05, 4.69) is 10.3 Å². The fraction of sp³-hybridized carbons (Fsp3) is 0.200. The smallest absolute Gasteiger partial charge is 0.211 e. The molecule has 2 aliphatic rings. The van der Waals surface area contributed by atoms with Gasteiger partial charge in [-0.3, -0.25) is 0 Å². The summed E-state index contributed by atoms with van der Waals surface area (Å²) in [5.41, 5.74) is -0.115. The summed E-state index contributed by atoms with van der Waals surface area (Å²) in [4.78, 5) is 9.05. The van der Waals surface area contributed by atoms with Gasteiger partial charge in [-0.1, -0.05) is 36.4 Å². The van der Waals surface area contributed by atoms with Gasteiger partial charge in [0.1, 0.15) is 16.5 Å². The number of hydrogen-bond acceptors (Lipinski definition) is 7. The summed E-state index contributed by atoms with van der Waals surface area (Å²) in [6, 6.07) is 18.4. The van der Waals surface area contributed by atoms with Crippen molar-refractivity contribution in [3.63, 3.8) is 0 Å². The second-order valence-corrected chi connectivity index (χ2v) is 10.5. The first-order valence-corrected chi connectivity index (χ1v) is 12.3. The number of aromatic hydroxyl groups is 1. The number of anilines is 1. The van der Waals surface area contributed by atoms with E-state index in [-0.39, 0.29) is 33.0 Å². The Morgan fingerprint density at radius 3 is 2.64 bits per heavy atom. The van der Waals surface area contributed by atoms with Crippen molar-refractivity contribution in [2.24, 2.45) is 0 Å². The van der Waals surface area contributed by atoms with Crippen LogP contribution in [0.2, 0.25) is 0 Å². The predicted molar refractivity (Wildman–Crippen MR) is 124 cm³/mol. The van der Waals surface area contributed by atoms with Gasteiger partial charge in [-0.2, -0.15) is 0 Å². The van der Waals surface area contributed by atoms with Crippen molar-refractivity contribution < 1.29 is 18.6 Å². The van der Waals surface area contributed by atoms with Crippen LogP contribution in [0, 0.1) is 0 Å². The number of benzene rings is 3. The number of sulfone groups is 1. The third-order valence-electron chi connectivity index (χ3n) is 6.62. The first kappa shape index (κ1) is 20.1. The molecule has 6 rings (SSSR count). The van der Waals surface area contributed by atoms with E-state index in [0.717, 1.165) is 5.39 Å². The minimum Gasteiger partial charge on any atom is -0.507 e. The van der Waals surface area contributed by atoms with Crippen LogP contribution < -0.4 is 5.32 Å². The van der Waals surface area contributed by atoms with Gasteiger partial charge < -0.3 is 15.5 Å². The molecule has 2 unspecified atom stereocenters. The van der Waals surface area contributed by atoms with Gasteiger partial charge in [0.05, 0.1) is 16.0 Å². The number of fused-ring (bicyclic) bond motifs is 10. The van der Waals surface area contributed by atoms with Gasteiger partial charge in [0.2, 0.25) is 9.84 Å². The van der Waals surface area contributed by atoms with Gasteiger partial charge in [-0.25, -0.2) is 18.4 Å². The fourth-order valence-electron chi connectivity index (χ4n) is 5.07. The normalized spacial score (nSPS) is 23.0. The number of phenolic OH excluding ortho intramolecular Hbond substituents is 1. The number of phenols is 1. The molecule has 0 radical (unpaired) electrons. The second kappa shape index (κ2) is 7.00. The lowest BCUT2D eigenvalue weighted by Gasteiger charge is -2.27. The Kier molecular flexibility index (Phi) is 4.27. The first-order valence-electron chi connectivity index (χ1n) is 10.8. The Bertz CT molecular complexity index is 1540. The summed E-state index contributed by atoms with van der Waals surface area (Å²) in [5.74, 6) is 0.393. The molecule has 0 amide bonds. The summed E-state index contributed by atoms with van der Waals surface area (Å²) in [7, 11) is -4.22. The molecular formula is C25H21N3O4S. The van der Waals surface area contributed by atoms with Gasteiger partial charge >= 0.3 is 0 Å². The Morgan fingerprint density at radius 2 is 1.76 bits per heavy atom. The topological polar surface area (TPSA) is 112 Å². The van der Waals surface area contributed by atoms with Crippen LogP contribution in [0.4, 0.5) is 5.82 Å². The lowest BCUT2D eigenvalue weighted by Crippen LogP contribution is -2.28. The number of nitrogens with zero attached hydrogens (tertiary/aromatic N) is 2. The monoisotopic (exact) mass is 459 g/mol. The van der Waals surface area contributed by atoms with Crippen LogP contribution in [-0.2, 0) is 15.4 Å². The number of nitrogens with one attached hydrogen (secondary N) is 1. The van der Waals surface area contributed by atoms with Crippen LogP contribution in [0.15, 0.2) is 76.5 Å². The van der Waals surface area contributed by atoms with E-state index in [0.29, 0.717) is 36.2 Å². The molecule has 1 aliphatic heterocycles. The average Bonchev–Trinajstić information content (AvgIpc) is 3.19. The Morgan fingerprint density at radius 1 is 0.970 bits per heavy atom. The van der Waals surface area contributed by atoms with Gasteiger partial charge in [0.15, 0.2) is 5.82 Å². The molecule has 4 bridgehead atoms. The number of aliphatic hydroxyl groups is 1. The molecule has 3 aromatic carbocycles. The van der Waals surface area contributed by atoms with Crippen LogP contribution in [-0.4, -0.2) is 34.6 Å². The molecule has 0 spiro atoms. The van der Waals surface area contributed by atoms with Gasteiger partial charge in [0, 0.05) is 29.0 Å². The molecule has 33 heavy (non-hydrogen) atoms. The highest BCUT2D eigenvalue weighted by molar-refractivity contribution is 7.91. The van der Waals surface area contributed by atoms with Crippen molar-refractivity contribution in [3.8, 4) is 17.1 Å². The molecule has 2 atom stereocenters. The lowest BCUT2D eigenvalue weighted by atomic mass is 9.92. The highest BCUT2D eigenvalue weighted by Crippen LogP contribution is 2.46. The first-order chi connectivity index (χ1) is 15.9. The fourth-order valence-corrected chi connectivity index (χ4v) is 6.89. The molecule has 1 aliphatic carbocycles. The van der Waals surface area contributed by atoms with E-state index < -0.39 is 15.4 Å². The molecule has 8 heteroatoms. The Labute approximate surface area is 190 Å². The zero-order chi connectivity index (χ0) is 22.8. The van der Waals surface area contributed by atoms with Crippen molar-refractivity contribution in [1.29, 1.82) is 0 Å². The molecular weight excluding hydrogens is 438 g/mol. The zero-order valence-electron chi connectivity index (χ0n) is 17.6. The molecule has 1 fully saturated rings.